The number of nitrogens with one attached hydrogen (secondary N) is 1. The molecule has 1 aliphatic heterocycles. The molecule has 0 aromatic rings. The molecule has 0 amide bonds. The van der Waals surface area contributed by atoms with E-state index in [9.17, 15) is 0 Å². The minimum atomic E-state index is -0.250. The molecule has 9 heavy (non-hydrogen) atoms. The maximum atomic E-state index is 8.36. The number of hydrogen-bond donors (Lipinski definition) is 2. The van der Waals surface area contributed by atoms with Crippen LogP contribution >= 0.6 is 0 Å². The molecule has 1 saturated heterocycles. The van der Waals surface area contributed by atoms with Crippen molar-refractivity contribution in [1.29, 1.82) is 0 Å². The van der Waals surface area contributed by atoms with E-state index in [0.717, 1.165) is 3.29 Å². The van der Waals surface area contributed by atoms with Crippen LogP contribution in [-0.2, 0) is 4.79 Å². The van der Waals surface area contributed by atoms with E-state index in [-0.39, 0.29) is 6.47 Å². The number of rotatable bonds is 0. The summed E-state index contributed by atoms with van der Waals surface area (Å²) in [5, 5.41) is 10.3. The Morgan fingerprint density at radius 3 is 2.44 bits per heavy atom. The summed E-state index contributed by atoms with van der Waals surface area (Å²) in [5.74, 6) is 0. The fourth-order valence-corrected chi connectivity index (χ4v) is 1.56. The Kier molecular flexibility index (Phi) is 6.86. The summed E-state index contributed by atoms with van der Waals surface area (Å²) in [6.45, 7) is 1.02. The zero-order chi connectivity index (χ0) is 7.11. The molecule has 0 saturated carbocycles. The van der Waals surface area contributed by atoms with Gasteiger partial charge in [-0.1, -0.05) is 0 Å². The van der Waals surface area contributed by atoms with Crippen molar-refractivity contribution in [3.05, 3.63) is 0 Å². The molecule has 0 aromatic carbocycles. The van der Waals surface area contributed by atoms with Crippen molar-refractivity contribution in [3.63, 3.8) is 0 Å². The Morgan fingerprint density at radius 1 is 1.78 bits per heavy atom. The average Bonchev–Trinajstić information content (AvgIpc) is 2.20. The van der Waals surface area contributed by atoms with Crippen LogP contribution in [0.25, 0.3) is 0 Å². The summed E-state index contributed by atoms with van der Waals surface area (Å²) < 4.78 is 0.935. The molecule has 1 unspecified atom stereocenters. The van der Waals surface area contributed by atoms with E-state index < -0.39 is 0 Å². The summed E-state index contributed by atoms with van der Waals surface area (Å²) in [6, 6.07) is 0. The molecule has 48 valence electrons. The van der Waals surface area contributed by atoms with Gasteiger partial charge in [-0.25, -0.2) is 0 Å². The predicted octanol–water partition coefficient (Wildman–Crippen LogP) is -0.435. The van der Waals surface area contributed by atoms with E-state index in [4.69, 9.17) is 9.90 Å². The Hall–Kier alpha value is 0.430. The molecule has 0 aromatic heterocycles. The van der Waals surface area contributed by atoms with Crippen molar-refractivity contribution in [3.8, 4) is 0 Å². The van der Waals surface area contributed by atoms with Crippen molar-refractivity contribution in [2.45, 2.75) is 16.1 Å². The SMILES string of the molecule is O=CO.[Na][CH]1CCCN1. The van der Waals surface area contributed by atoms with E-state index in [0.29, 0.717) is 0 Å². The van der Waals surface area contributed by atoms with E-state index in [1.165, 1.54) is 47.3 Å². The van der Waals surface area contributed by atoms with Gasteiger partial charge in [0.15, 0.2) is 0 Å². The van der Waals surface area contributed by atoms with Crippen LogP contribution in [0.3, 0.4) is 0 Å². The summed E-state index contributed by atoms with van der Waals surface area (Å²) in [5.41, 5.74) is 0. The normalized spacial score (nSPS) is 24.4. The van der Waals surface area contributed by atoms with Crippen LogP contribution in [0.5, 0.6) is 0 Å². The standard InChI is InChI=1S/C4H8N.CH2O2.Na/c1-2-4-5-3-1;2-1-3;/h3,5H,1-2,4H2;1H,(H,2,3);. The molecule has 2 N–H and O–H groups in total. The molecule has 0 radical (unpaired) electrons. The number of hydrogen-bond acceptors (Lipinski definition) is 2. The van der Waals surface area contributed by atoms with Crippen LogP contribution < -0.4 is 5.32 Å². The Bertz CT molecular complexity index is 73.4. The van der Waals surface area contributed by atoms with Gasteiger partial charge in [-0.05, 0) is 0 Å². The fraction of sp³-hybridized carbons (Fsp3) is 0.800. The number of carbonyl (C=O) groups is 1. The van der Waals surface area contributed by atoms with E-state index in [1.807, 2.05) is 0 Å². The molecular weight excluding hydrogens is 129 g/mol. The van der Waals surface area contributed by atoms with Gasteiger partial charge in [0, 0.05) is 0 Å². The van der Waals surface area contributed by atoms with Crippen molar-refractivity contribution < 1.29 is 9.90 Å². The summed E-state index contributed by atoms with van der Waals surface area (Å²) in [7, 11) is 0. The first-order valence-electron chi connectivity index (χ1n) is 3.12. The Morgan fingerprint density at radius 2 is 2.33 bits per heavy atom. The zero-order valence-electron chi connectivity index (χ0n) is 5.63. The van der Waals surface area contributed by atoms with Crippen molar-refractivity contribution in [2.75, 3.05) is 6.54 Å². The topological polar surface area (TPSA) is 49.3 Å². The van der Waals surface area contributed by atoms with Gasteiger partial charge in [0.1, 0.15) is 0 Å². The van der Waals surface area contributed by atoms with Gasteiger partial charge in [0.05, 0.1) is 0 Å². The molecule has 4 heteroatoms. The van der Waals surface area contributed by atoms with Crippen molar-refractivity contribution in [2.24, 2.45) is 0 Å². The van der Waals surface area contributed by atoms with Crippen LogP contribution in [0.2, 0.25) is 0 Å². The first-order chi connectivity index (χ1) is 4.31. The van der Waals surface area contributed by atoms with Gasteiger partial charge in [-0.2, -0.15) is 0 Å². The van der Waals surface area contributed by atoms with E-state index in [1.54, 1.807) is 0 Å². The second-order valence-corrected chi connectivity index (χ2v) is 3.50. The van der Waals surface area contributed by atoms with Gasteiger partial charge in [0.2, 0.25) is 0 Å². The van der Waals surface area contributed by atoms with Crippen molar-refractivity contribution in [1.82, 2.24) is 5.32 Å². The molecular formula is C5H10NNaO2. The summed E-state index contributed by atoms with van der Waals surface area (Å²) >= 11 is 1.34. The number of carboxylic acid groups (broad SMARTS) is 1. The molecule has 1 heterocycles. The van der Waals surface area contributed by atoms with Crippen molar-refractivity contribution >= 4 is 34.4 Å². The predicted molar refractivity (Wildman–Crippen MR) is 35.5 cm³/mol. The molecule has 1 atom stereocenters. The van der Waals surface area contributed by atoms with Crippen LogP contribution in [0, 0.1) is 0 Å². The molecule has 1 fully saturated rings. The van der Waals surface area contributed by atoms with Gasteiger partial charge >= 0.3 is 55.9 Å². The second-order valence-electron chi connectivity index (χ2n) is 2.10. The monoisotopic (exact) mass is 139 g/mol. The van der Waals surface area contributed by atoms with Crippen LogP contribution in [-0.4, -0.2) is 49.3 Å². The Balaban J connectivity index is 0.000000187. The minimum absolute atomic E-state index is 0.250. The third-order valence-corrected chi connectivity index (χ3v) is 2.29. The quantitative estimate of drug-likeness (QED) is 0.353. The van der Waals surface area contributed by atoms with E-state index in [2.05, 4.69) is 5.32 Å². The Labute approximate surface area is 72.2 Å². The fourth-order valence-electron chi connectivity index (χ4n) is 0.859. The third-order valence-electron chi connectivity index (χ3n) is 1.31. The molecule has 0 aliphatic carbocycles. The molecule has 1 aliphatic rings. The average molecular weight is 139 g/mol. The van der Waals surface area contributed by atoms with Crippen LogP contribution in [0.1, 0.15) is 12.8 Å². The second kappa shape index (κ2) is 6.55. The van der Waals surface area contributed by atoms with E-state index >= 15 is 0 Å². The third kappa shape index (κ3) is 6.31. The van der Waals surface area contributed by atoms with Crippen LogP contribution in [0.15, 0.2) is 0 Å². The van der Waals surface area contributed by atoms with Gasteiger partial charge in [-0.3, -0.25) is 4.79 Å². The molecule has 0 bridgehead atoms. The van der Waals surface area contributed by atoms with Gasteiger partial charge < -0.3 is 5.11 Å². The molecule has 1 rings (SSSR count). The summed E-state index contributed by atoms with van der Waals surface area (Å²) in [6.07, 6.45) is 2.85. The summed E-state index contributed by atoms with van der Waals surface area (Å²) in [4.78, 5) is 8.36. The first-order valence-corrected chi connectivity index (χ1v) is 4.28. The van der Waals surface area contributed by atoms with Gasteiger partial charge in [0.25, 0.3) is 6.47 Å². The van der Waals surface area contributed by atoms with Crippen LogP contribution in [0.4, 0.5) is 0 Å². The zero-order valence-corrected chi connectivity index (χ0v) is 7.63. The first kappa shape index (κ1) is 9.43. The maximum absolute atomic E-state index is 8.36. The van der Waals surface area contributed by atoms with Gasteiger partial charge in [-0.15, -0.1) is 0 Å². The molecule has 0 spiro atoms. The molecule has 3 nitrogen and oxygen atoms in total.